The van der Waals surface area contributed by atoms with Gasteiger partial charge in [-0.15, -0.1) is 0 Å². The summed E-state index contributed by atoms with van der Waals surface area (Å²) < 4.78 is 64.5. The van der Waals surface area contributed by atoms with Gasteiger partial charge in [0.2, 0.25) is 0 Å². The lowest BCUT2D eigenvalue weighted by Gasteiger charge is -2.36. The van der Waals surface area contributed by atoms with E-state index in [-0.39, 0.29) is 17.2 Å². The molecular weight excluding hydrogens is 281 g/mol. The Balaban J connectivity index is 2.92. The quantitative estimate of drug-likeness (QED) is 0.548. The number of hydrazone groups is 1. The van der Waals surface area contributed by atoms with Crippen LogP contribution in [0.25, 0.3) is 0 Å². The van der Waals surface area contributed by atoms with Gasteiger partial charge in [0.05, 0.1) is 0 Å². The molecular formula is C12H20F5N3. The van der Waals surface area contributed by atoms with Gasteiger partial charge in [-0.1, -0.05) is 27.2 Å². The summed E-state index contributed by atoms with van der Waals surface area (Å²) in [6, 6.07) is -4.91. The Morgan fingerprint density at radius 1 is 1.20 bits per heavy atom. The third-order valence-electron chi connectivity index (χ3n) is 3.08. The standard InChI is InChI=1S/C12H20F5N3/c1-4-5-6-20-10(7-9(2)3)19(8-18-20)12(16,17)11(13,14)15/h8-10H,4-7H2,1-3H3. The molecule has 1 aliphatic heterocycles. The minimum absolute atomic E-state index is 0.0163. The Morgan fingerprint density at radius 2 is 1.80 bits per heavy atom. The lowest BCUT2D eigenvalue weighted by atomic mass is 10.1. The summed E-state index contributed by atoms with van der Waals surface area (Å²) in [5, 5.41) is 5.05. The molecule has 0 saturated heterocycles. The molecule has 1 heterocycles. The monoisotopic (exact) mass is 301 g/mol. The van der Waals surface area contributed by atoms with Gasteiger partial charge in [0.1, 0.15) is 12.5 Å². The van der Waals surface area contributed by atoms with Crippen molar-refractivity contribution >= 4 is 6.34 Å². The minimum atomic E-state index is -5.62. The van der Waals surface area contributed by atoms with Crippen molar-refractivity contribution in [2.45, 2.75) is 58.4 Å². The van der Waals surface area contributed by atoms with E-state index in [0.29, 0.717) is 19.3 Å². The summed E-state index contributed by atoms with van der Waals surface area (Å²) in [6.07, 6.45) is -4.37. The Kier molecular flexibility index (Phi) is 5.21. The molecule has 0 aromatic heterocycles. The van der Waals surface area contributed by atoms with Crippen molar-refractivity contribution in [3.8, 4) is 0 Å². The van der Waals surface area contributed by atoms with Crippen LogP contribution in [0, 0.1) is 5.92 Å². The molecule has 0 bridgehead atoms. The van der Waals surface area contributed by atoms with Gasteiger partial charge in [0.25, 0.3) is 0 Å². The number of hydrogen-bond donors (Lipinski definition) is 0. The SMILES string of the molecule is CCCCN1N=CN(C(F)(F)C(F)(F)F)C1CC(C)C. The van der Waals surface area contributed by atoms with E-state index in [0.717, 1.165) is 6.42 Å². The first-order valence-corrected chi connectivity index (χ1v) is 6.65. The fourth-order valence-electron chi connectivity index (χ4n) is 2.01. The molecule has 8 heteroatoms. The van der Waals surface area contributed by atoms with Crippen molar-refractivity contribution in [3.05, 3.63) is 0 Å². The zero-order chi connectivity index (χ0) is 15.6. The Labute approximate surface area is 115 Å². The first kappa shape index (κ1) is 17.0. The van der Waals surface area contributed by atoms with Crippen LogP contribution in [0.1, 0.15) is 40.0 Å². The van der Waals surface area contributed by atoms with Crippen molar-refractivity contribution in [2.24, 2.45) is 11.0 Å². The maximum atomic E-state index is 13.5. The average Bonchev–Trinajstić information content (AvgIpc) is 2.67. The smallest absolute Gasteiger partial charge is 0.273 e. The molecule has 0 saturated carbocycles. The van der Waals surface area contributed by atoms with E-state index in [1.807, 2.05) is 6.92 Å². The molecule has 20 heavy (non-hydrogen) atoms. The van der Waals surface area contributed by atoms with Crippen molar-refractivity contribution in [1.82, 2.24) is 9.91 Å². The highest BCUT2D eigenvalue weighted by molar-refractivity contribution is 5.58. The summed E-state index contributed by atoms with van der Waals surface area (Å²) in [7, 11) is 0. The summed E-state index contributed by atoms with van der Waals surface area (Å²) >= 11 is 0. The van der Waals surface area contributed by atoms with E-state index in [4.69, 9.17) is 0 Å². The molecule has 118 valence electrons. The molecule has 3 nitrogen and oxygen atoms in total. The molecule has 0 radical (unpaired) electrons. The minimum Gasteiger partial charge on any atom is -0.273 e. The maximum Gasteiger partial charge on any atom is 0.475 e. The Morgan fingerprint density at radius 3 is 2.25 bits per heavy atom. The van der Waals surface area contributed by atoms with E-state index in [9.17, 15) is 22.0 Å². The van der Waals surface area contributed by atoms with Crippen molar-refractivity contribution in [3.63, 3.8) is 0 Å². The summed E-state index contributed by atoms with van der Waals surface area (Å²) in [6.45, 7) is 5.84. The van der Waals surface area contributed by atoms with Gasteiger partial charge in [-0.05, 0) is 18.8 Å². The van der Waals surface area contributed by atoms with Gasteiger partial charge in [-0.3, -0.25) is 9.91 Å². The highest BCUT2D eigenvalue weighted by Gasteiger charge is 2.64. The van der Waals surface area contributed by atoms with Crippen LogP contribution in [0.15, 0.2) is 5.10 Å². The van der Waals surface area contributed by atoms with Crippen LogP contribution in [0.3, 0.4) is 0 Å². The summed E-state index contributed by atoms with van der Waals surface area (Å²) in [5.74, 6) is -0.0163. The summed E-state index contributed by atoms with van der Waals surface area (Å²) in [5.41, 5.74) is 0. The first-order valence-electron chi connectivity index (χ1n) is 6.65. The molecule has 0 amide bonds. The highest BCUT2D eigenvalue weighted by Crippen LogP contribution is 2.41. The molecule has 0 aromatic rings. The van der Waals surface area contributed by atoms with Crippen molar-refractivity contribution in [1.29, 1.82) is 0 Å². The Hall–Kier alpha value is -1.08. The Bertz CT molecular complexity index is 340. The number of nitrogens with zero attached hydrogens (tertiary/aromatic N) is 3. The second-order valence-electron chi connectivity index (χ2n) is 5.30. The van der Waals surface area contributed by atoms with Crippen LogP contribution in [-0.4, -0.2) is 41.2 Å². The molecule has 1 aliphatic rings. The van der Waals surface area contributed by atoms with Crippen LogP contribution in [-0.2, 0) is 0 Å². The fourth-order valence-corrected chi connectivity index (χ4v) is 2.01. The van der Waals surface area contributed by atoms with Gasteiger partial charge in [0, 0.05) is 6.54 Å². The van der Waals surface area contributed by atoms with E-state index in [2.05, 4.69) is 5.10 Å². The molecule has 0 aromatic carbocycles. The molecule has 1 rings (SSSR count). The average molecular weight is 301 g/mol. The van der Waals surface area contributed by atoms with Gasteiger partial charge >= 0.3 is 12.2 Å². The van der Waals surface area contributed by atoms with Gasteiger partial charge in [0.15, 0.2) is 0 Å². The second-order valence-corrected chi connectivity index (χ2v) is 5.30. The maximum absolute atomic E-state index is 13.5. The van der Waals surface area contributed by atoms with Gasteiger partial charge in [-0.25, -0.2) is 0 Å². The zero-order valence-corrected chi connectivity index (χ0v) is 11.8. The molecule has 0 spiro atoms. The highest BCUT2D eigenvalue weighted by atomic mass is 19.4. The lowest BCUT2D eigenvalue weighted by molar-refractivity contribution is -0.334. The van der Waals surface area contributed by atoms with Gasteiger partial charge < -0.3 is 0 Å². The van der Waals surface area contributed by atoms with Crippen LogP contribution < -0.4 is 0 Å². The largest absolute Gasteiger partial charge is 0.475 e. The molecule has 1 atom stereocenters. The van der Waals surface area contributed by atoms with Crippen molar-refractivity contribution in [2.75, 3.05) is 6.54 Å². The third-order valence-corrected chi connectivity index (χ3v) is 3.08. The molecule has 1 unspecified atom stereocenters. The first-order chi connectivity index (χ1) is 9.11. The molecule has 0 N–H and O–H groups in total. The molecule has 0 fully saturated rings. The van der Waals surface area contributed by atoms with E-state index in [1.165, 1.54) is 5.01 Å². The van der Waals surface area contributed by atoms with E-state index in [1.54, 1.807) is 13.8 Å². The van der Waals surface area contributed by atoms with Gasteiger partial charge in [-0.2, -0.15) is 27.1 Å². The van der Waals surface area contributed by atoms with E-state index >= 15 is 0 Å². The van der Waals surface area contributed by atoms with Crippen molar-refractivity contribution < 1.29 is 22.0 Å². The number of halogens is 5. The predicted octanol–water partition coefficient (Wildman–Crippen LogP) is 3.87. The normalized spacial score (nSPS) is 20.4. The number of alkyl halides is 5. The second kappa shape index (κ2) is 6.13. The number of rotatable bonds is 6. The van der Waals surface area contributed by atoms with Crippen LogP contribution >= 0.6 is 0 Å². The van der Waals surface area contributed by atoms with Crippen LogP contribution in [0.4, 0.5) is 22.0 Å². The van der Waals surface area contributed by atoms with E-state index < -0.39 is 18.4 Å². The zero-order valence-electron chi connectivity index (χ0n) is 11.8. The fraction of sp³-hybridized carbons (Fsp3) is 0.917. The summed E-state index contributed by atoms with van der Waals surface area (Å²) in [4.78, 5) is 0.0304. The van der Waals surface area contributed by atoms with Crippen LogP contribution in [0.2, 0.25) is 0 Å². The lowest BCUT2D eigenvalue weighted by Crippen LogP contribution is -2.57. The topological polar surface area (TPSA) is 18.8 Å². The number of unbranched alkanes of at least 4 members (excludes halogenated alkanes) is 1. The van der Waals surface area contributed by atoms with Crippen LogP contribution in [0.5, 0.6) is 0 Å². The predicted molar refractivity (Wildman–Crippen MR) is 66.2 cm³/mol. The number of hydrogen-bond acceptors (Lipinski definition) is 3. The molecule has 0 aliphatic carbocycles. The third kappa shape index (κ3) is 3.52.